The van der Waals surface area contributed by atoms with Gasteiger partial charge in [0.25, 0.3) is 0 Å². The maximum absolute atomic E-state index is 12.0. The number of likely N-dealkylation sites (N-methyl/N-ethyl adjacent to an activating group) is 1. The minimum atomic E-state index is -0.454. The Labute approximate surface area is 123 Å². The number of nitrogens with one attached hydrogen (secondary N) is 2. The minimum absolute atomic E-state index is 0.0631. The summed E-state index contributed by atoms with van der Waals surface area (Å²) in [6.45, 7) is 4.48. The molecule has 1 aromatic rings. The normalized spacial score (nSPS) is 18.3. The first-order valence-corrected chi connectivity index (χ1v) is 6.85. The smallest absolute Gasteiger partial charge is 0.319 e. The van der Waals surface area contributed by atoms with Crippen molar-refractivity contribution >= 4 is 29.2 Å². The molecule has 2 N–H and O–H groups in total. The van der Waals surface area contributed by atoms with Gasteiger partial charge in [0, 0.05) is 13.6 Å². The van der Waals surface area contributed by atoms with E-state index in [9.17, 15) is 9.59 Å². The maximum Gasteiger partial charge on any atom is 0.319 e. The van der Waals surface area contributed by atoms with E-state index < -0.39 is 12.1 Å². The van der Waals surface area contributed by atoms with Gasteiger partial charge in [0.2, 0.25) is 5.91 Å². The predicted octanol–water partition coefficient (Wildman–Crippen LogP) is 2.31. The molecule has 0 saturated carbocycles. The van der Waals surface area contributed by atoms with Crippen LogP contribution in [-0.2, 0) is 4.79 Å². The van der Waals surface area contributed by atoms with E-state index in [2.05, 4.69) is 10.6 Å². The van der Waals surface area contributed by atoms with Gasteiger partial charge in [-0.1, -0.05) is 17.7 Å². The molecule has 1 aliphatic rings. The summed E-state index contributed by atoms with van der Waals surface area (Å²) in [7, 11) is 1.73. The molecule has 108 valence electrons. The van der Waals surface area contributed by atoms with Crippen LogP contribution >= 0.6 is 11.6 Å². The van der Waals surface area contributed by atoms with Gasteiger partial charge in [0.05, 0.1) is 10.7 Å². The summed E-state index contributed by atoms with van der Waals surface area (Å²) in [6, 6.07) is 2.87. The SMILES string of the molecule is Cc1cc(C)c(NC(=O)N[C@H]2CCN(C)C2=O)c(Cl)c1. The quantitative estimate of drug-likeness (QED) is 0.879. The molecule has 6 heteroatoms. The molecule has 1 fully saturated rings. The van der Waals surface area contributed by atoms with Crippen LogP contribution in [0.5, 0.6) is 0 Å². The first-order chi connectivity index (χ1) is 9.38. The third kappa shape index (κ3) is 3.04. The predicted molar refractivity (Wildman–Crippen MR) is 79.1 cm³/mol. The Kier molecular flexibility index (Phi) is 4.18. The molecule has 0 bridgehead atoms. The molecule has 0 aliphatic carbocycles. The molecule has 1 aromatic carbocycles. The second kappa shape index (κ2) is 5.71. The zero-order valence-electron chi connectivity index (χ0n) is 11.8. The molecule has 1 aliphatic heterocycles. The van der Waals surface area contributed by atoms with Crippen LogP contribution in [0.4, 0.5) is 10.5 Å². The fraction of sp³-hybridized carbons (Fsp3) is 0.429. The molecule has 3 amide bonds. The Balaban J connectivity index is 2.04. The van der Waals surface area contributed by atoms with Crippen molar-refractivity contribution in [3.63, 3.8) is 0 Å². The fourth-order valence-corrected chi connectivity index (χ4v) is 2.71. The van der Waals surface area contributed by atoms with E-state index in [1.165, 1.54) is 0 Å². The summed E-state index contributed by atoms with van der Waals surface area (Å²) in [6.07, 6.45) is 0.628. The molecule has 1 heterocycles. The van der Waals surface area contributed by atoms with Gasteiger partial charge >= 0.3 is 6.03 Å². The van der Waals surface area contributed by atoms with E-state index in [1.54, 1.807) is 18.0 Å². The molecular weight excluding hydrogens is 278 g/mol. The number of carbonyl (C=O) groups excluding carboxylic acids is 2. The number of carbonyl (C=O) groups is 2. The van der Waals surface area contributed by atoms with E-state index in [-0.39, 0.29) is 5.91 Å². The van der Waals surface area contributed by atoms with Crippen LogP contribution in [0.2, 0.25) is 5.02 Å². The van der Waals surface area contributed by atoms with Crippen molar-refractivity contribution < 1.29 is 9.59 Å². The van der Waals surface area contributed by atoms with Crippen molar-refractivity contribution in [2.75, 3.05) is 18.9 Å². The zero-order valence-corrected chi connectivity index (χ0v) is 12.5. The second-order valence-corrected chi connectivity index (χ2v) is 5.55. The molecule has 5 nitrogen and oxygen atoms in total. The van der Waals surface area contributed by atoms with Gasteiger partial charge < -0.3 is 15.5 Å². The Morgan fingerprint density at radius 1 is 1.40 bits per heavy atom. The van der Waals surface area contributed by atoms with E-state index in [1.807, 2.05) is 19.9 Å². The van der Waals surface area contributed by atoms with Crippen molar-refractivity contribution in [1.82, 2.24) is 10.2 Å². The van der Waals surface area contributed by atoms with Crippen LogP contribution in [0.15, 0.2) is 12.1 Å². The van der Waals surface area contributed by atoms with Crippen LogP contribution < -0.4 is 10.6 Å². The van der Waals surface area contributed by atoms with Crippen LogP contribution in [0, 0.1) is 13.8 Å². The van der Waals surface area contributed by atoms with Gasteiger partial charge in [-0.2, -0.15) is 0 Å². The first kappa shape index (κ1) is 14.7. The lowest BCUT2D eigenvalue weighted by Crippen LogP contribution is -2.42. The van der Waals surface area contributed by atoms with Gasteiger partial charge in [-0.15, -0.1) is 0 Å². The van der Waals surface area contributed by atoms with Crippen LogP contribution in [0.25, 0.3) is 0 Å². The van der Waals surface area contributed by atoms with E-state index in [0.29, 0.717) is 23.7 Å². The molecule has 2 rings (SSSR count). The third-order valence-corrected chi connectivity index (χ3v) is 3.70. The maximum atomic E-state index is 12.0. The monoisotopic (exact) mass is 295 g/mol. The van der Waals surface area contributed by atoms with E-state index in [0.717, 1.165) is 11.1 Å². The summed E-state index contributed by atoms with van der Waals surface area (Å²) in [5, 5.41) is 5.89. The van der Waals surface area contributed by atoms with Crippen LogP contribution in [-0.4, -0.2) is 36.5 Å². The second-order valence-electron chi connectivity index (χ2n) is 5.14. The van der Waals surface area contributed by atoms with Crippen molar-refractivity contribution in [2.24, 2.45) is 0 Å². The van der Waals surface area contributed by atoms with Crippen LogP contribution in [0.1, 0.15) is 17.5 Å². The minimum Gasteiger partial charge on any atom is -0.344 e. The Morgan fingerprint density at radius 3 is 2.65 bits per heavy atom. The van der Waals surface area contributed by atoms with Gasteiger partial charge in [0.1, 0.15) is 6.04 Å². The van der Waals surface area contributed by atoms with Crippen molar-refractivity contribution in [1.29, 1.82) is 0 Å². The number of likely N-dealkylation sites (tertiary alicyclic amines) is 1. The highest BCUT2D eigenvalue weighted by molar-refractivity contribution is 6.34. The van der Waals surface area contributed by atoms with Crippen molar-refractivity contribution in [2.45, 2.75) is 26.3 Å². The average molecular weight is 296 g/mol. The fourth-order valence-electron chi connectivity index (χ4n) is 2.34. The highest BCUT2D eigenvalue weighted by Crippen LogP contribution is 2.27. The van der Waals surface area contributed by atoms with Crippen molar-refractivity contribution in [3.8, 4) is 0 Å². The third-order valence-electron chi connectivity index (χ3n) is 3.40. The number of hydrogen-bond acceptors (Lipinski definition) is 2. The summed E-state index contributed by atoms with van der Waals surface area (Å²) >= 11 is 6.13. The number of anilines is 1. The topological polar surface area (TPSA) is 61.4 Å². The summed E-state index contributed by atoms with van der Waals surface area (Å²) < 4.78 is 0. The van der Waals surface area contributed by atoms with Gasteiger partial charge in [-0.05, 0) is 37.5 Å². The molecule has 1 atom stereocenters. The van der Waals surface area contributed by atoms with Gasteiger partial charge in [0.15, 0.2) is 0 Å². The van der Waals surface area contributed by atoms with E-state index >= 15 is 0 Å². The number of halogens is 1. The lowest BCUT2D eigenvalue weighted by atomic mass is 10.1. The van der Waals surface area contributed by atoms with Gasteiger partial charge in [-0.3, -0.25) is 4.79 Å². The summed E-state index contributed by atoms with van der Waals surface area (Å²) in [4.78, 5) is 25.3. The lowest BCUT2D eigenvalue weighted by molar-refractivity contribution is -0.128. The Bertz CT molecular complexity index is 536. The first-order valence-electron chi connectivity index (χ1n) is 6.47. The van der Waals surface area contributed by atoms with E-state index in [4.69, 9.17) is 11.6 Å². The number of urea groups is 1. The number of hydrogen-bond donors (Lipinski definition) is 2. The molecule has 0 aromatic heterocycles. The number of aryl methyl sites for hydroxylation is 2. The summed E-state index contributed by atoms with van der Waals surface area (Å²) in [5.41, 5.74) is 2.50. The number of amides is 3. The molecular formula is C14H18ClN3O2. The Hall–Kier alpha value is -1.75. The lowest BCUT2D eigenvalue weighted by Gasteiger charge is -2.15. The largest absolute Gasteiger partial charge is 0.344 e. The van der Waals surface area contributed by atoms with Crippen LogP contribution in [0.3, 0.4) is 0 Å². The highest BCUT2D eigenvalue weighted by Gasteiger charge is 2.30. The number of benzene rings is 1. The Morgan fingerprint density at radius 2 is 2.10 bits per heavy atom. The standard InChI is InChI=1S/C14H18ClN3O2/c1-8-6-9(2)12(10(15)7-8)17-14(20)16-11-4-5-18(3)13(11)19/h6-7,11H,4-5H2,1-3H3,(H2,16,17,20)/t11-/m0/s1. The molecule has 1 saturated heterocycles. The zero-order chi connectivity index (χ0) is 14.9. The average Bonchev–Trinajstić information content (AvgIpc) is 2.66. The molecule has 0 spiro atoms. The van der Waals surface area contributed by atoms with Gasteiger partial charge in [-0.25, -0.2) is 4.79 Å². The molecule has 0 radical (unpaired) electrons. The number of nitrogens with zero attached hydrogens (tertiary/aromatic N) is 1. The van der Waals surface area contributed by atoms with Crippen molar-refractivity contribution in [3.05, 3.63) is 28.3 Å². The summed E-state index contributed by atoms with van der Waals surface area (Å²) in [5.74, 6) is -0.0631. The number of rotatable bonds is 2. The highest BCUT2D eigenvalue weighted by atomic mass is 35.5. The molecule has 0 unspecified atom stereocenters. The molecule has 20 heavy (non-hydrogen) atoms.